The number of carbonyl (C=O) groups excluding carboxylic acids is 1. The largest absolute Gasteiger partial charge is 0.507 e. The van der Waals surface area contributed by atoms with Gasteiger partial charge in [0.1, 0.15) is 11.6 Å². The summed E-state index contributed by atoms with van der Waals surface area (Å²) in [5.74, 6) is -2.58. The minimum absolute atomic E-state index is 0.00174. The summed E-state index contributed by atoms with van der Waals surface area (Å²) in [5.41, 5.74) is -0.187. The maximum Gasteiger partial charge on any atom is 0.259 e. The third kappa shape index (κ3) is 2.90. The van der Waals surface area contributed by atoms with Crippen LogP contribution in [0.5, 0.6) is 5.75 Å². The van der Waals surface area contributed by atoms with Crippen molar-refractivity contribution in [3.05, 3.63) is 58.1 Å². The molecule has 0 unspecified atom stereocenters. The first-order chi connectivity index (χ1) is 8.99. The van der Waals surface area contributed by atoms with Gasteiger partial charge in [0.05, 0.1) is 11.3 Å². The van der Waals surface area contributed by atoms with Gasteiger partial charge in [-0.2, -0.15) is 0 Å². The van der Waals surface area contributed by atoms with E-state index < -0.39 is 17.5 Å². The quantitative estimate of drug-likeness (QED) is 0.883. The van der Waals surface area contributed by atoms with E-state index in [1.165, 1.54) is 12.1 Å². The van der Waals surface area contributed by atoms with Crippen LogP contribution in [-0.2, 0) is 0 Å². The van der Waals surface area contributed by atoms with Crippen molar-refractivity contribution in [2.24, 2.45) is 0 Å². The molecular weight excluding hydrogens is 320 g/mol. The Morgan fingerprint density at radius 3 is 2.53 bits per heavy atom. The van der Waals surface area contributed by atoms with Gasteiger partial charge in [-0.3, -0.25) is 4.79 Å². The van der Waals surface area contributed by atoms with Gasteiger partial charge in [-0.15, -0.1) is 0 Å². The second-order valence-corrected chi connectivity index (χ2v) is 4.57. The van der Waals surface area contributed by atoms with Gasteiger partial charge in [0, 0.05) is 10.5 Å². The lowest BCUT2D eigenvalue weighted by molar-refractivity contribution is 0.102. The fourth-order valence-electron chi connectivity index (χ4n) is 1.51. The first-order valence-electron chi connectivity index (χ1n) is 5.23. The summed E-state index contributed by atoms with van der Waals surface area (Å²) >= 11 is 2.96. The molecule has 6 heteroatoms. The molecule has 2 aromatic carbocycles. The Balaban J connectivity index is 2.32. The Labute approximate surface area is 116 Å². The lowest BCUT2D eigenvalue weighted by atomic mass is 10.2. The second kappa shape index (κ2) is 5.36. The number of phenolic OH excluding ortho intramolecular Hbond substituents is 1. The number of amides is 1. The molecule has 19 heavy (non-hydrogen) atoms. The van der Waals surface area contributed by atoms with Crippen LogP contribution in [0.4, 0.5) is 14.5 Å². The van der Waals surface area contributed by atoms with Crippen molar-refractivity contribution in [2.75, 3.05) is 5.32 Å². The monoisotopic (exact) mass is 327 g/mol. The van der Waals surface area contributed by atoms with Crippen LogP contribution in [-0.4, -0.2) is 11.0 Å². The van der Waals surface area contributed by atoms with E-state index >= 15 is 0 Å². The van der Waals surface area contributed by atoms with Gasteiger partial charge in [0.25, 0.3) is 5.91 Å². The standard InChI is InChI=1S/C13H8BrF2NO2/c14-9-5-7(15)6-10(16)12(9)17-13(19)8-3-1-2-4-11(8)18/h1-6,18H,(H,17,19). The van der Waals surface area contributed by atoms with Crippen LogP contribution < -0.4 is 5.32 Å². The van der Waals surface area contributed by atoms with E-state index in [9.17, 15) is 18.7 Å². The van der Waals surface area contributed by atoms with E-state index in [1.54, 1.807) is 12.1 Å². The molecule has 2 aromatic rings. The van der Waals surface area contributed by atoms with Gasteiger partial charge in [-0.1, -0.05) is 12.1 Å². The number of hydrogen-bond donors (Lipinski definition) is 2. The molecular formula is C13H8BrF2NO2. The van der Waals surface area contributed by atoms with Gasteiger partial charge in [0.2, 0.25) is 0 Å². The molecule has 0 radical (unpaired) electrons. The van der Waals surface area contributed by atoms with E-state index in [-0.39, 0.29) is 21.5 Å². The first kappa shape index (κ1) is 13.5. The van der Waals surface area contributed by atoms with E-state index in [1.807, 2.05) is 0 Å². The average Bonchev–Trinajstić information content (AvgIpc) is 2.34. The van der Waals surface area contributed by atoms with Gasteiger partial charge < -0.3 is 10.4 Å². The zero-order valence-electron chi connectivity index (χ0n) is 9.45. The van der Waals surface area contributed by atoms with E-state index in [4.69, 9.17) is 0 Å². The molecule has 3 nitrogen and oxygen atoms in total. The van der Waals surface area contributed by atoms with Crippen LogP contribution in [0.1, 0.15) is 10.4 Å². The Morgan fingerprint density at radius 2 is 1.89 bits per heavy atom. The van der Waals surface area contributed by atoms with Crippen LogP contribution >= 0.6 is 15.9 Å². The number of anilines is 1. The zero-order chi connectivity index (χ0) is 14.0. The second-order valence-electron chi connectivity index (χ2n) is 3.72. The number of benzene rings is 2. The summed E-state index contributed by atoms with van der Waals surface area (Å²) in [7, 11) is 0. The summed E-state index contributed by atoms with van der Waals surface area (Å²) in [5, 5.41) is 11.8. The summed E-state index contributed by atoms with van der Waals surface area (Å²) in [6, 6.07) is 7.53. The van der Waals surface area contributed by atoms with E-state index in [2.05, 4.69) is 21.2 Å². The molecule has 98 valence electrons. The number of hydrogen-bond acceptors (Lipinski definition) is 2. The minimum Gasteiger partial charge on any atom is -0.507 e. The Kier molecular flexibility index (Phi) is 3.80. The van der Waals surface area contributed by atoms with Gasteiger partial charge in [-0.05, 0) is 34.1 Å². The highest BCUT2D eigenvalue weighted by Gasteiger charge is 2.15. The molecule has 0 aliphatic heterocycles. The van der Waals surface area contributed by atoms with E-state index in [0.717, 1.165) is 6.07 Å². The third-order valence-electron chi connectivity index (χ3n) is 2.39. The van der Waals surface area contributed by atoms with Gasteiger partial charge >= 0.3 is 0 Å². The summed E-state index contributed by atoms with van der Waals surface area (Å²) in [4.78, 5) is 11.9. The van der Waals surface area contributed by atoms with Crippen LogP contribution in [0, 0.1) is 11.6 Å². The van der Waals surface area contributed by atoms with Gasteiger partial charge in [-0.25, -0.2) is 8.78 Å². The highest BCUT2D eigenvalue weighted by Crippen LogP contribution is 2.28. The van der Waals surface area contributed by atoms with Crippen LogP contribution in [0.25, 0.3) is 0 Å². The average molecular weight is 328 g/mol. The molecule has 2 N–H and O–H groups in total. The van der Waals surface area contributed by atoms with Crippen molar-refractivity contribution in [1.29, 1.82) is 0 Å². The van der Waals surface area contributed by atoms with Gasteiger partial charge in [0.15, 0.2) is 5.82 Å². The number of aromatic hydroxyl groups is 1. The lowest BCUT2D eigenvalue weighted by Crippen LogP contribution is -2.13. The molecule has 0 saturated heterocycles. The SMILES string of the molecule is O=C(Nc1c(F)cc(F)cc1Br)c1ccccc1O. The summed E-state index contributed by atoms with van der Waals surface area (Å²) in [6.45, 7) is 0. The molecule has 0 aliphatic carbocycles. The molecule has 0 spiro atoms. The minimum atomic E-state index is -0.907. The predicted molar refractivity (Wildman–Crippen MR) is 70.1 cm³/mol. The number of para-hydroxylation sites is 1. The molecule has 0 bridgehead atoms. The molecule has 0 fully saturated rings. The Bertz CT molecular complexity index is 623. The highest BCUT2D eigenvalue weighted by molar-refractivity contribution is 9.10. The molecule has 0 heterocycles. The smallest absolute Gasteiger partial charge is 0.259 e. The van der Waals surface area contributed by atoms with E-state index in [0.29, 0.717) is 6.07 Å². The lowest BCUT2D eigenvalue weighted by Gasteiger charge is -2.09. The predicted octanol–water partition coefficient (Wildman–Crippen LogP) is 3.69. The first-order valence-corrected chi connectivity index (χ1v) is 6.02. The zero-order valence-corrected chi connectivity index (χ0v) is 11.0. The van der Waals surface area contributed by atoms with Crippen molar-refractivity contribution in [1.82, 2.24) is 0 Å². The molecule has 1 amide bonds. The summed E-state index contributed by atoms with van der Waals surface area (Å²) < 4.78 is 26.5. The van der Waals surface area contributed by atoms with Crippen molar-refractivity contribution in [3.63, 3.8) is 0 Å². The van der Waals surface area contributed by atoms with Crippen LogP contribution in [0.15, 0.2) is 40.9 Å². The Morgan fingerprint density at radius 1 is 1.21 bits per heavy atom. The fraction of sp³-hybridized carbons (Fsp3) is 0. The molecule has 0 atom stereocenters. The van der Waals surface area contributed by atoms with Crippen molar-refractivity contribution in [3.8, 4) is 5.75 Å². The van der Waals surface area contributed by atoms with Crippen molar-refractivity contribution < 1.29 is 18.7 Å². The van der Waals surface area contributed by atoms with Crippen molar-refractivity contribution >= 4 is 27.5 Å². The molecule has 0 aromatic heterocycles. The molecule has 2 rings (SSSR count). The third-order valence-corrected chi connectivity index (χ3v) is 3.02. The fourth-order valence-corrected chi connectivity index (χ4v) is 2.02. The number of halogens is 3. The summed E-state index contributed by atoms with van der Waals surface area (Å²) in [6.07, 6.45) is 0. The number of carbonyl (C=O) groups is 1. The number of rotatable bonds is 2. The molecule has 0 aliphatic rings. The maximum atomic E-state index is 13.5. The maximum absolute atomic E-state index is 13.5. The number of nitrogens with one attached hydrogen (secondary N) is 1. The normalized spacial score (nSPS) is 10.3. The van der Waals surface area contributed by atoms with Crippen molar-refractivity contribution in [2.45, 2.75) is 0 Å². The highest BCUT2D eigenvalue weighted by atomic mass is 79.9. The van der Waals surface area contributed by atoms with Crippen LogP contribution in [0.3, 0.4) is 0 Å². The Hall–Kier alpha value is -1.95. The molecule has 0 saturated carbocycles. The topological polar surface area (TPSA) is 49.3 Å². The van der Waals surface area contributed by atoms with Crippen LogP contribution in [0.2, 0.25) is 0 Å². The number of phenols is 1.